The Morgan fingerprint density at radius 3 is 2.50 bits per heavy atom. The van der Waals surface area contributed by atoms with Crippen LogP contribution in [0.2, 0.25) is 0 Å². The second-order valence-electron chi connectivity index (χ2n) is 7.26. The number of carbonyl (C=O) groups excluding carboxylic acids is 1. The first-order chi connectivity index (χ1) is 15.5. The predicted molar refractivity (Wildman–Crippen MR) is 124 cm³/mol. The van der Waals surface area contributed by atoms with Gasteiger partial charge in [-0.1, -0.05) is 50.6 Å². The number of nitrogens with one attached hydrogen (secondary N) is 3. The summed E-state index contributed by atoms with van der Waals surface area (Å²) in [6.07, 6.45) is 2.04. The average Bonchev–Trinajstić information content (AvgIpc) is 2.76. The van der Waals surface area contributed by atoms with Gasteiger partial charge in [-0.05, 0) is 42.7 Å². The first-order valence-electron chi connectivity index (χ1n) is 10.6. The van der Waals surface area contributed by atoms with E-state index in [2.05, 4.69) is 25.6 Å². The molecule has 0 radical (unpaired) electrons. The second-order valence-corrected chi connectivity index (χ2v) is 7.26. The summed E-state index contributed by atoms with van der Waals surface area (Å²) in [6.45, 7) is 3.91. The van der Waals surface area contributed by atoms with Crippen molar-refractivity contribution in [2.75, 3.05) is 5.32 Å². The van der Waals surface area contributed by atoms with Crippen molar-refractivity contribution < 1.29 is 9.18 Å². The van der Waals surface area contributed by atoms with E-state index in [-0.39, 0.29) is 29.2 Å². The van der Waals surface area contributed by atoms with E-state index in [1.165, 1.54) is 30.3 Å². The number of hydrogen-bond acceptors (Lipinski definition) is 4. The van der Waals surface area contributed by atoms with Crippen LogP contribution in [0.1, 0.15) is 43.9 Å². The Morgan fingerprint density at radius 1 is 1.12 bits per heavy atom. The maximum absolute atomic E-state index is 13.3. The summed E-state index contributed by atoms with van der Waals surface area (Å²) in [5.74, 6) is -0.896. The molecule has 0 spiro atoms. The van der Waals surface area contributed by atoms with Crippen molar-refractivity contribution in [3.8, 4) is 0 Å². The number of benzene rings is 2. The molecule has 0 saturated carbocycles. The van der Waals surface area contributed by atoms with Crippen LogP contribution in [0.25, 0.3) is 0 Å². The molecule has 32 heavy (non-hydrogen) atoms. The number of aryl methyl sites for hydroxylation is 1. The molecule has 166 valence electrons. The van der Waals surface area contributed by atoms with E-state index in [4.69, 9.17) is 0 Å². The third-order valence-electron chi connectivity index (χ3n) is 4.78. The molecule has 3 aromatic rings. The molecule has 3 rings (SSSR count). The molecule has 0 aliphatic carbocycles. The van der Waals surface area contributed by atoms with Crippen molar-refractivity contribution in [1.29, 1.82) is 0 Å². The number of aromatic amines is 1. The number of aromatic nitrogens is 2. The van der Waals surface area contributed by atoms with E-state index in [0.717, 1.165) is 12.0 Å². The van der Waals surface area contributed by atoms with E-state index in [1.54, 1.807) is 0 Å². The van der Waals surface area contributed by atoms with Crippen LogP contribution >= 0.6 is 0 Å². The molecule has 3 N–H and O–H groups in total. The van der Waals surface area contributed by atoms with Crippen LogP contribution in [-0.4, -0.2) is 21.8 Å². The summed E-state index contributed by atoms with van der Waals surface area (Å²) in [6, 6.07) is 16.5. The molecule has 0 aliphatic heterocycles. The highest BCUT2D eigenvalue weighted by Crippen LogP contribution is 2.19. The predicted octanol–water partition coefficient (Wildman–Crippen LogP) is 4.27. The summed E-state index contributed by atoms with van der Waals surface area (Å²) in [5, 5.41) is 5.77. The SMILES string of the molecule is CCCc1cc(=O)[nH]c(N=C(NC(=O)[C@@H](CC)c2ccccc2)Nc2ccc(F)cc2)n1. The van der Waals surface area contributed by atoms with Gasteiger partial charge in [0, 0.05) is 17.4 Å². The van der Waals surface area contributed by atoms with Crippen LogP contribution in [0.15, 0.2) is 70.5 Å². The lowest BCUT2D eigenvalue weighted by Crippen LogP contribution is -2.39. The maximum Gasteiger partial charge on any atom is 0.252 e. The van der Waals surface area contributed by atoms with E-state index >= 15 is 0 Å². The smallest absolute Gasteiger partial charge is 0.252 e. The van der Waals surface area contributed by atoms with E-state index < -0.39 is 5.92 Å². The van der Waals surface area contributed by atoms with Crippen LogP contribution in [0.3, 0.4) is 0 Å². The van der Waals surface area contributed by atoms with Crippen molar-refractivity contribution in [2.24, 2.45) is 4.99 Å². The Morgan fingerprint density at radius 2 is 1.84 bits per heavy atom. The summed E-state index contributed by atoms with van der Waals surface area (Å²) in [4.78, 5) is 36.4. The highest BCUT2D eigenvalue weighted by atomic mass is 19.1. The van der Waals surface area contributed by atoms with Gasteiger partial charge in [0.1, 0.15) is 5.82 Å². The third kappa shape index (κ3) is 6.34. The number of carbonyl (C=O) groups is 1. The Kier molecular flexibility index (Phi) is 7.85. The fourth-order valence-corrected chi connectivity index (χ4v) is 3.26. The summed E-state index contributed by atoms with van der Waals surface area (Å²) in [7, 11) is 0. The minimum Gasteiger partial charge on any atom is -0.326 e. The number of rotatable bonds is 7. The van der Waals surface area contributed by atoms with Crippen LogP contribution in [0.4, 0.5) is 16.0 Å². The largest absolute Gasteiger partial charge is 0.326 e. The number of hydrogen-bond donors (Lipinski definition) is 3. The number of halogens is 1. The molecule has 7 nitrogen and oxygen atoms in total. The molecule has 1 heterocycles. The maximum atomic E-state index is 13.3. The monoisotopic (exact) mass is 435 g/mol. The zero-order valence-electron chi connectivity index (χ0n) is 18.1. The third-order valence-corrected chi connectivity index (χ3v) is 4.78. The Balaban J connectivity index is 1.93. The van der Waals surface area contributed by atoms with Gasteiger partial charge in [-0.25, -0.2) is 9.37 Å². The Labute approximate surface area is 185 Å². The molecule has 0 unspecified atom stereocenters. The zero-order chi connectivity index (χ0) is 22.9. The number of aliphatic imine (C=N–C) groups is 1. The normalized spacial score (nSPS) is 12.3. The van der Waals surface area contributed by atoms with Gasteiger partial charge >= 0.3 is 0 Å². The Bertz CT molecular complexity index is 1130. The van der Waals surface area contributed by atoms with Gasteiger partial charge in [-0.15, -0.1) is 0 Å². The van der Waals surface area contributed by atoms with Gasteiger partial charge in [-0.3, -0.25) is 19.9 Å². The number of anilines is 1. The van der Waals surface area contributed by atoms with Crippen molar-refractivity contribution in [3.63, 3.8) is 0 Å². The molecular weight excluding hydrogens is 409 g/mol. The molecule has 1 amide bonds. The highest BCUT2D eigenvalue weighted by molar-refractivity contribution is 6.06. The van der Waals surface area contributed by atoms with E-state index in [1.807, 2.05) is 44.2 Å². The topological polar surface area (TPSA) is 99.2 Å². The fourth-order valence-electron chi connectivity index (χ4n) is 3.26. The molecule has 0 saturated heterocycles. The molecular formula is C24H26FN5O2. The van der Waals surface area contributed by atoms with Gasteiger partial charge in [0.05, 0.1) is 5.92 Å². The van der Waals surface area contributed by atoms with Crippen molar-refractivity contribution in [3.05, 3.63) is 88.1 Å². The van der Waals surface area contributed by atoms with Crippen LogP contribution in [-0.2, 0) is 11.2 Å². The molecule has 0 bridgehead atoms. The van der Waals surface area contributed by atoms with Crippen molar-refractivity contribution in [2.45, 2.75) is 39.0 Å². The lowest BCUT2D eigenvalue weighted by atomic mass is 9.96. The van der Waals surface area contributed by atoms with Gasteiger partial charge in [0.25, 0.3) is 5.56 Å². The van der Waals surface area contributed by atoms with Gasteiger partial charge in [-0.2, -0.15) is 4.99 Å². The standard InChI is InChI=1S/C24H26FN5O2/c1-3-8-19-15-21(31)28-23(27-19)30-24(26-18-13-11-17(25)12-14-18)29-22(32)20(4-2)16-9-6-5-7-10-16/h5-7,9-15,20H,3-4,8H2,1-2H3,(H3,26,27,28,29,30,31,32)/t20-/m0/s1. The van der Waals surface area contributed by atoms with E-state index in [0.29, 0.717) is 24.2 Å². The molecule has 0 aliphatic rings. The van der Waals surface area contributed by atoms with E-state index in [9.17, 15) is 14.0 Å². The lowest BCUT2D eigenvalue weighted by molar-refractivity contribution is -0.121. The molecule has 0 fully saturated rings. The zero-order valence-corrected chi connectivity index (χ0v) is 18.1. The summed E-state index contributed by atoms with van der Waals surface area (Å²) in [5.41, 5.74) is 1.68. The van der Waals surface area contributed by atoms with Crippen LogP contribution < -0.4 is 16.2 Å². The summed E-state index contributed by atoms with van der Waals surface area (Å²) < 4.78 is 13.3. The fraction of sp³-hybridized carbons (Fsp3) is 0.250. The number of nitrogens with zero attached hydrogens (tertiary/aromatic N) is 2. The minimum atomic E-state index is -0.394. The van der Waals surface area contributed by atoms with Crippen molar-refractivity contribution >= 4 is 23.5 Å². The van der Waals surface area contributed by atoms with Gasteiger partial charge in [0.2, 0.25) is 17.8 Å². The first kappa shape index (κ1) is 22.9. The minimum absolute atomic E-state index is 0.0682. The number of guanidine groups is 1. The number of H-pyrrole nitrogens is 1. The van der Waals surface area contributed by atoms with Crippen molar-refractivity contribution in [1.82, 2.24) is 15.3 Å². The van der Waals surface area contributed by atoms with Crippen LogP contribution in [0, 0.1) is 5.82 Å². The van der Waals surface area contributed by atoms with Gasteiger partial charge < -0.3 is 5.32 Å². The first-order valence-corrected chi connectivity index (χ1v) is 10.6. The Hall–Kier alpha value is -3.81. The highest BCUT2D eigenvalue weighted by Gasteiger charge is 2.20. The molecule has 1 aromatic heterocycles. The quantitative estimate of drug-likeness (QED) is 0.381. The molecule has 8 heteroatoms. The van der Waals surface area contributed by atoms with Gasteiger partial charge in [0.15, 0.2) is 0 Å². The second kappa shape index (κ2) is 11.0. The molecule has 1 atom stereocenters. The lowest BCUT2D eigenvalue weighted by Gasteiger charge is -2.17. The number of amides is 1. The average molecular weight is 436 g/mol. The van der Waals surface area contributed by atoms with Crippen LogP contribution in [0.5, 0.6) is 0 Å². The summed E-state index contributed by atoms with van der Waals surface area (Å²) >= 11 is 0. The molecule has 2 aromatic carbocycles.